The fourth-order valence-electron chi connectivity index (χ4n) is 2.66. The van der Waals surface area contributed by atoms with E-state index < -0.39 is 12.1 Å². The third-order valence-electron chi connectivity index (χ3n) is 3.89. The van der Waals surface area contributed by atoms with Crippen molar-refractivity contribution in [2.45, 2.75) is 12.8 Å². The van der Waals surface area contributed by atoms with E-state index in [9.17, 15) is 4.79 Å². The normalized spacial score (nSPS) is 17.6. The van der Waals surface area contributed by atoms with Gasteiger partial charge in [-0.1, -0.05) is 72.8 Å². The molecular formula is C20H20N2O2. The Hall–Kier alpha value is -2.69. The van der Waals surface area contributed by atoms with Gasteiger partial charge in [0.1, 0.15) is 6.23 Å². The summed E-state index contributed by atoms with van der Waals surface area (Å²) in [5.74, 6) is -0.453. The molecule has 4 nitrogen and oxygen atoms in total. The summed E-state index contributed by atoms with van der Waals surface area (Å²) in [5, 5.41) is 3.24. The fourth-order valence-corrected chi connectivity index (χ4v) is 2.66. The van der Waals surface area contributed by atoms with Crippen LogP contribution in [0.3, 0.4) is 0 Å². The number of nitrogens with two attached hydrogens (primary N) is 1. The average Bonchev–Trinajstić information content (AvgIpc) is 3.03. The molecule has 0 bridgehead atoms. The maximum atomic E-state index is 11.9. The Labute approximate surface area is 141 Å². The largest absolute Gasteiger partial charge is 0.366 e. The van der Waals surface area contributed by atoms with Crippen molar-refractivity contribution >= 4 is 12.0 Å². The zero-order chi connectivity index (χ0) is 16.8. The quantitative estimate of drug-likeness (QED) is 0.860. The molecule has 0 spiro atoms. The molecule has 4 heteroatoms. The van der Waals surface area contributed by atoms with Crippen LogP contribution >= 0.6 is 0 Å². The summed E-state index contributed by atoms with van der Waals surface area (Å²) in [6.45, 7) is 0.978. The smallest absolute Gasteiger partial charge is 0.249 e. The standard InChI is InChI=1S/C20H20N2O2/c21-19(23)18-17(12-11-15-7-3-1-4-8-15)14-24-20(18)22-13-16-9-5-2-6-10-16/h1-12,20,22H,13-14H2,(H2,21,23). The highest BCUT2D eigenvalue weighted by molar-refractivity contribution is 5.95. The van der Waals surface area contributed by atoms with Crippen LogP contribution in [-0.2, 0) is 16.1 Å². The number of carbonyl (C=O) groups excluding carboxylic acids is 1. The lowest BCUT2D eigenvalue weighted by molar-refractivity contribution is -0.115. The van der Waals surface area contributed by atoms with Crippen LogP contribution in [0.2, 0.25) is 0 Å². The number of amides is 1. The molecular weight excluding hydrogens is 300 g/mol. The molecule has 0 aromatic heterocycles. The Kier molecular flexibility index (Phi) is 5.21. The number of ether oxygens (including phenoxy) is 1. The Morgan fingerprint density at radius 1 is 1.08 bits per heavy atom. The van der Waals surface area contributed by atoms with E-state index in [1.54, 1.807) is 0 Å². The van der Waals surface area contributed by atoms with Crippen LogP contribution in [0.15, 0.2) is 77.9 Å². The summed E-state index contributed by atoms with van der Waals surface area (Å²) >= 11 is 0. The third kappa shape index (κ3) is 3.98. The molecule has 1 amide bonds. The van der Waals surface area contributed by atoms with Crippen molar-refractivity contribution in [3.8, 4) is 0 Å². The van der Waals surface area contributed by atoms with Gasteiger partial charge in [0, 0.05) is 6.54 Å². The van der Waals surface area contributed by atoms with Gasteiger partial charge in [-0.25, -0.2) is 0 Å². The summed E-state index contributed by atoms with van der Waals surface area (Å²) in [6, 6.07) is 19.9. The number of hydrogen-bond donors (Lipinski definition) is 2. The molecule has 3 N–H and O–H groups in total. The molecule has 0 fully saturated rings. The Balaban J connectivity index is 1.73. The molecule has 1 aliphatic heterocycles. The lowest BCUT2D eigenvalue weighted by Gasteiger charge is -2.14. The summed E-state index contributed by atoms with van der Waals surface area (Å²) in [6.07, 6.45) is 3.39. The topological polar surface area (TPSA) is 64.4 Å². The van der Waals surface area contributed by atoms with Crippen LogP contribution in [0.4, 0.5) is 0 Å². The van der Waals surface area contributed by atoms with Crippen molar-refractivity contribution < 1.29 is 9.53 Å². The zero-order valence-electron chi connectivity index (χ0n) is 13.3. The first-order valence-electron chi connectivity index (χ1n) is 7.89. The molecule has 2 aromatic rings. The molecule has 2 aromatic carbocycles. The average molecular weight is 320 g/mol. The van der Waals surface area contributed by atoms with Gasteiger partial charge in [0.15, 0.2) is 0 Å². The molecule has 1 atom stereocenters. The molecule has 1 heterocycles. The number of carbonyl (C=O) groups is 1. The second-order valence-electron chi connectivity index (χ2n) is 5.60. The van der Waals surface area contributed by atoms with Gasteiger partial charge in [0.2, 0.25) is 5.91 Å². The van der Waals surface area contributed by atoms with Crippen LogP contribution in [0.5, 0.6) is 0 Å². The Morgan fingerprint density at radius 3 is 2.42 bits per heavy atom. The molecule has 24 heavy (non-hydrogen) atoms. The molecule has 1 aliphatic rings. The Morgan fingerprint density at radius 2 is 1.75 bits per heavy atom. The lowest BCUT2D eigenvalue weighted by Crippen LogP contribution is -2.35. The van der Waals surface area contributed by atoms with Gasteiger partial charge in [-0.15, -0.1) is 0 Å². The van der Waals surface area contributed by atoms with E-state index in [0.717, 1.165) is 16.7 Å². The first kappa shape index (κ1) is 16.2. The minimum absolute atomic E-state index is 0.369. The third-order valence-corrected chi connectivity index (χ3v) is 3.89. The van der Waals surface area contributed by atoms with Crippen LogP contribution in [-0.4, -0.2) is 18.7 Å². The Bertz CT molecular complexity index is 752. The fraction of sp³-hybridized carbons (Fsp3) is 0.150. The summed E-state index contributed by atoms with van der Waals surface area (Å²) in [5.41, 5.74) is 9.07. The number of primary amides is 1. The van der Waals surface area contributed by atoms with Gasteiger partial charge in [0.25, 0.3) is 0 Å². The van der Waals surface area contributed by atoms with Crippen LogP contribution in [0, 0.1) is 0 Å². The van der Waals surface area contributed by atoms with Gasteiger partial charge in [-0.2, -0.15) is 0 Å². The van der Waals surface area contributed by atoms with Gasteiger partial charge in [-0.3, -0.25) is 10.1 Å². The van der Waals surface area contributed by atoms with Gasteiger partial charge in [0.05, 0.1) is 12.2 Å². The van der Waals surface area contributed by atoms with Crippen molar-refractivity contribution in [1.82, 2.24) is 5.32 Å². The summed E-state index contributed by atoms with van der Waals surface area (Å²) in [4.78, 5) is 11.9. The maximum Gasteiger partial charge on any atom is 0.249 e. The van der Waals surface area contributed by atoms with E-state index in [2.05, 4.69) is 5.32 Å². The van der Waals surface area contributed by atoms with Gasteiger partial charge >= 0.3 is 0 Å². The van der Waals surface area contributed by atoms with Crippen LogP contribution in [0.25, 0.3) is 6.08 Å². The van der Waals surface area contributed by atoms with E-state index in [1.165, 1.54) is 0 Å². The molecule has 0 radical (unpaired) electrons. The van der Waals surface area contributed by atoms with Crippen LogP contribution < -0.4 is 11.1 Å². The maximum absolute atomic E-state index is 11.9. The van der Waals surface area contributed by atoms with Crippen molar-refractivity contribution in [3.05, 3.63) is 89.0 Å². The highest BCUT2D eigenvalue weighted by atomic mass is 16.5. The highest BCUT2D eigenvalue weighted by Gasteiger charge is 2.28. The second kappa shape index (κ2) is 7.73. The number of nitrogens with one attached hydrogen (secondary N) is 1. The summed E-state index contributed by atoms with van der Waals surface area (Å²) in [7, 11) is 0. The molecule has 1 unspecified atom stereocenters. The second-order valence-corrected chi connectivity index (χ2v) is 5.60. The zero-order valence-corrected chi connectivity index (χ0v) is 13.3. The summed E-state index contributed by atoms with van der Waals surface area (Å²) < 4.78 is 5.71. The van der Waals surface area contributed by atoms with E-state index in [0.29, 0.717) is 18.7 Å². The first-order valence-corrected chi connectivity index (χ1v) is 7.89. The van der Waals surface area contributed by atoms with E-state index >= 15 is 0 Å². The minimum Gasteiger partial charge on any atom is -0.366 e. The van der Waals surface area contributed by atoms with Crippen molar-refractivity contribution in [2.24, 2.45) is 5.73 Å². The van der Waals surface area contributed by atoms with Crippen molar-refractivity contribution in [3.63, 3.8) is 0 Å². The molecule has 122 valence electrons. The minimum atomic E-state index is -0.474. The predicted molar refractivity (Wildman–Crippen MR) is 94.7 cm³/mol. The molecule has 0 saturated heterocycles. The SMILES string of the molecule is NC(=O)C1=C(C=Cc2ccccc2)COC1NCc1ccccc1. The van der Waals surface area contributed by atoms with E-state index in [-0.39, 0.29) is 0 Å². The first-order chi connectivity index (χ1) is 11.7. The molecule has 3 rings (SSSR count). The lowest BCUT2D eigenvalue weighted by atomic mass is 10.1. The highest BCUT2D eigenvalue weighted by Crippen LogP contribution is 2.22. The monoisotopic (exact) mass is 320 g/mol. The van der Waals surface area contributed by atoms with E-state index in [4.69, 9.17) is 10.5 Å². The number of benzene rings is 2. The van der Waals surface area contributed by atoms with Gasteiger partial charge in [-0.05, 0) is 16.7 Å². The molecule has 0 saturated carbocycles. The van der Waals surface area contributed by atoms with E-state index in [1.807, 2.05) is 72.8 Å². The van der Waals surface area contributed by atoms with Crippen LogP contribution in [0.1, 0.15) is 11.1 Å². The van der Waals surface area contributed by atoms with Crippen molar-refractivity contribution in [2.75, 3.05) is 6.61 Å². The van der Waals surface area contributed by atoms with Crippen molar-refractivity contribution in [1.29, 1.82) is 0 Å². The predicted octanol–water partition coefficient (Wildman–Crippen LogP) is 2.63. The van der Waals surface area contributed by atoms with Gasteiger partial charge < -0.3 is 10.5 Å². The number of hydrogen-bond acceptors (Lipinski definition) is 3. The molecule has 0 aliphatic carbocycles. The number of rotatable bonds is 6.